The summed E-state index contributed by atoms with van der Waals surface area (Å²) >= 11 is 0. The minimum absolute atomic E-state index is 0.238. The van der Waals surface area contributed by atoms with E-state index < -0.39 is 124 Å². The molecule has 504 valence electrons. The quantitative estimate of drug-likeness (QED) is 0.0253. The van der Waals surface area contributed by atoms with Crippen LogP contribution in [-0.2, 0) is 33.2 Å². The normalized spacial score (nSPS) is 28.9. The summed E-state index contributed by atoms with van der Waals surface area (Å²) in [6, 6.07) is -0.880. The molecule has 0 aliphatic carbocycles. The van der Waals surface area contributed by atoms with Crippen LogP contribution in [0.4, 0.5) is 0 Å². The molecule has 17 atom stereocenters. The molecular weight excluding hydrogens is 1090 g/mol. The molecule has 0 radical (unpaired) electrons. The number of amides is 1. The maximum atomic E-state index is 13.4. The first-order chi connectivity index (χ1) is 41.3. The van der Waals surface area contributed by atoms with Crippen molar-refractivity contribution in [3.05, 3.63) is 0 Å². The molecule has 3 saturated heterocycles. The van der Waals surface area contributed by atoms with Crippen molar-refractivity contribution in [3.8, 4) is 0 Å². The van der Waals surface area contributed by atoms with Crippen LogP contribution in [-0.4, -0.2) is 193 Å². The summed E-state index contributed by atoms with van der Waals surface area (Å²) in [5.41, 5.74) is 0. The highest BCUT2D eigenvalue weighted by Gasteiger charge is 2.53. The van der Waals surface area contributed by atoms with Gasteiger partial charge in [-0.15, -0.1) is 0 Å². The van der Waals surface area contributed by atoms with Crippen molar-refractivity contribution >= 4 is 5.91 Å². The zero-order valence-corrected chi connectivity index (χ0v) is 53.1. The molecule has 3 aliphatic rings. The zero-order valence-electron chi connectivity index (χ0n) is 53.1. The molecule has 0 aromatic heterocycles. The van der Waals surface area contributed by atoms with Gasteiger partial charge in [0.15, 0.2) is 18.9 Å². The average Bonchev–Trinajstić information content (AvgIpc) is 2.16. The number of carbonyl (C=O) groups excluding carboxylic acids is 1. The third-order valence-corrected chi connectivity index (χ3v) is 17.9. The Morgan fingerprint density at radius 1 is 0.376 bits per heavy atom. The first kappa shape index (κ1) is 78.0. The highest BCUT2D eigenvalue weighted by atomic mass is 16.8. The van der Waals surface area contributed by atoms with Gasteiger partial charge in [0.05, 0.1) is 38.6 Å². The predicted octanol–water partition coefficient (Wildman–Crippen LogP) is 8.72. The largest absolute Gasteiger partial charge is 0.394 e. The fourth-order valence-electron chi connectivity index (χ4n) is 12.3. The van der Waals surface area contributed by atoms with E-state index in [1.54, 1.807) is 0 Å². The maximum absolute atomic E-state index is 13.4. The minimum Gasteiger partial charge on any atom is -0.394 e. The number of hydrogen-bond acceptors (Lipinski definition) is 18. The molecule has 3 heterocycles. The van der Waals surface area contributed by atoms with Crippen LogP contribution in [0.3, 0.4) is 0 Å². The molecule has 0 bridgehead atoms. The van der Waals surface area contributed by atoms with Gasteiger partial charge in [-0.05, 0) is 12.8 Å². The van der Waals surface area contributed by atoms with E-state index in [9.17, 15) is 61.0 Å². The molecule has 1 amide bonds. The SMILES string of the molecule is CCCCCCCCCCCCCCCCCCCCCCCCCCCCCCCCC(=O)NC(COC1OC(CO)C(OC2OC(CO)C(OC3OC(CO)C(O)C(O)C3O)C(O)C2O)C(O)C1O)C(O)CCCCCCCCCCCC. The number of ether oxygens (including phenoxy) is 6. The van der Waals surface area contributed by atoms with Gasteiger partial charge in [0.1, 0.15) is 73.2 Å². The molecule has 85 heavy (non-hydrogen) atoms. The molecule has 12 N–H and O–H groups in total. The summed E-state index contributed by atoms with van der Waals surface area (Å²) in [5.74, 6) is -0.238. The van der Waals surface area contributed by atoms with Crippen LogP contribution in [0, 0.1) is 0 Å². The lowest BCUT2D eigenvalue weighted by atomic mass is 9.96. The van der Waals surface area contributed by atoms with E-state index in [2.05, 4.69) is 19.2 Å². The number of aliphatic hydroxyl groups excluding tert-OH is 11. The zero-order chi connectivity index (χ0) is 61.9. The smallest absolute Gasteiger partial charge is 0.220 e. The topological polar surface area (TPSA) is 307 Å². The fourth-order valence-corrected chi connectivity index (χ4v) is 12.3. The predicted molar refractivity (Wildman–Crippen MR) is 328 cm³/mol. The molecule has 0 saturated carbocycles. The van der Waals surface area contributed by atoms with E-state index in [1.807, 2.05) is 0 Å². The Morgan fingerprint density at radius 2 is 0.671 bits per heavy atom. The van der Waals surface area contributed by atoms with E-state index in [1.165, 1.54) is 205 Å². The van der Waals surface area contributed by atoms with Crippen molar-refractivity contribution in [1.29, 1.82) is 0 Å². The van der Waals surface area contributed by atoms with Crippen LogP contribution >= 0.6 is 0 Å². The average molecular weight is 1220 g/mol. The van der Waals surface area contributed by atoms with E-state index in [0.717, 1.165) is 44.9 Å². The highest BCUT2D eigenvalue weighted by molar-refractivity contribution is 5.76. The molecule has 19 nitrogen and oxygen atoms in total. The van der Waals surface area contributed by atoms with Gasteiger partial charge >= 0.3 is 0 Å². The molecule has 0 spiro atoms. The molecule has 3 rings (SSSR count). The van der Waals surface area contributed by atoms with Crippen LogP contribution in [0.15, 0.2) is 0 Å². The standard InChI is InChI=1S/C66H127NO18/c1-3-5-7-9-11-13-15-16-17-18-19-20-21-22-23-24-25-26-27-28-29-30-31-32-33-34-36-38-40-42-44-54(72)67-49(50(71)43-41-39-37-35-14-12-10-8-6-4-2)48-80-64-60(78)57(75)62(52(46-69)82-64)85-66-61(79)58(76)63(53(47-70)83-66)84-65-59(77)56(74)55(73)51(45-68)81-65/h49-53,55-66,68-71,73-79H,3-48H2,1-2H3,(H,67,72). The number of unbranched alkanes of at least 4 members (excludes halogenated alkanes) is 38. The monoisotopic (exact) mass is 1220 g/mol. The molecular formula is C66H127NO18. The van der Waals surface area contributed by atoms with Crippen LogP contribution in [0.1, 0.15) is 284 Å². The Hall–Kier alpha value is -1.21. The van der Waals surface area contributed by atoms with Crippen molar-refractivity contribution in [2.75, 3.05) is 26.4 Å². The summed E-state index contributed by atoms with van der Waals surface area (Å²) in [4.78, 5) is 13.4. The molecule has 19 heteroatoms. The molecule has 0 aromatic carbocycles. The Morgan fingerprint density at radius 3 is 1.02 bits per heavy atom. The van der Waals surface area contributed by atoms with Gasteiger partial charge in [-0.3, -0.25) is 4.79 Å². The second-order valence-corrected chi connectivity index (χ2v) is 25.4. The Kier molecular flexibility index (Phi) is 45.4. The lowest BCUT2D eigenvalue weighted by Crippen LogP contribution is -2.66. The number of rotatable bonds is 54. The van der Waals surface area contributed by atoms with Gasteiger partial charge in [0, 0.05) is 6.42 Å². The molecule has 0 aromatic rings. The van der Waals surface area contributed by atoms with Gasteiger partial charge in [-0.2, -0.15) is 0 Å². The number of carbonyl (C=O) groups is 1. The van der Waals surface area contributed by atoms with E-state index in [4.69, 9.17) is 28.4 Å². The molecule has 3 fully saturated rings. The van der Waals surface area contributed by atoms with Gasteiger partial charge in [-0.1, -0.05) is 264 Å². The van der Waals surface area contributed by atoms with Crippen molar-refractivity contribution in [3.63, 3.8) is 0 Å². The van der Waals surface area contributed by atoms with Crippen molar-refractivity contribution in [2.45, 2.75) is 388 Å². The second-order valence-electron chi connectivity index (χ2n) is 25.4. The summed E-state index contributed by atoms with van der Waals surface area (Å²) < 4.78 is 34.3. The van der Waals surface area contributed by atoms with Gasteiger partial charge in [0.25, 0.3) is 0 Å². The van der Waals surface area contributed by atoms with Crippen molar-refractivity contribution in [2.24, 2.45) is 0 Å². The second kappa shape index (κ2) is 49.5. The van der Waals surface area contributed by atoms with E-state index in [-0.39, 0.29) is 18.9 Å². The van der Waals surface area contributed by atoms with Crippen LogP contribution in [0.2, 0.25) is 0 Å². The van der Waals surface area contributed by atoms with E-state index >= 15 is 0 Å². The fraction of sp³-hybridized carbons (Fsp3) is 0.985. The molecule has 3 aliphatic heterocycles. The Balaban J connectivity index is 1.34. The summed E-state index contributed by atoms with van der Waals surface area (Å²) in [6.07, 6.45) is 25.1. The van der Waals surface area contributed by atoms with Gasteiger partial charge < -0.3 is 89.9 Å². The number of hydrogen-bond donors (Lipinski definition) is 12. The van der Waals surface area contributed by atoms with Crippen molar-refractivity contribution in [1.82, 2.24) is 5.32 Å². The number of aliphatic hydroxyl groups is 11. The Labute approximate surface area is 513 Å². The Bertz CT molecular complexity index is 1550. The van der Waals surface area contributed by atoms with Gasteiger partial charge in [0.2, 0.25) is 5.91 Å². The molecule has 17 unspecified atom stereocenters. The third-order valence-electron chi connectivity index (χ3n) is 17.9. The lowest BCUT2D eigenvalue weighted by molar-refractivity contribution is -0.379. The van der Waals surface area contributed by atoms with Crippen LogP contribution < -0.4 is 5.32 Å². The first-order valence-corrected chi connectivity index (χ1v) is 34.8. The van der Waals surface area contributed by atoms with Crippen LogP contribution in [0.5, 0.6) is 0 Å². The van der Waals surface area contributed by atoms with Crippen LogP contribution in [0.25, 0.3) is 0 Å². The number of nitrogens with one attached hydrogen (secondary N) is 1. The third kappa shape index (κ3) is 32.1. The summed E-state index contributed by atoms with van der Waals surface area (Å²) in [6.45, 7) is 1.80. The summed E-state index contributed by atoms with van der Waals surface area (Å²) in [5, 5.41) is 120. The van der Waals surface area contributed by atoms with E-state index in [0.29, 0.717) is 12.8 Å². The summed E-state index contributed by atoms with van der Waals surface area (Å²) in [7, 11) is 0. The lowest BCUT2D eigenvalue weighted by Gasteiger charge is -2.48. The first-order valence-electron chi connectivity index (χ1n) is 34.8. The maximum Gasteiger partial charge on any atom is 0.220 e. The van der Waals surface area contributed by atoms with Crippen molar-refractivity contribution < 1.29 is 89.4 Å². The van der Waals surface area contributed by atoms with Gasteiger partial charge in [-0.25, -0.2) is 0 Å². The highest BCUT2D eigenvalue weighted by Crippen LogP contribution is 2.33. The minimum atomic E-state index is -1.97.